The van der Waals surface area contributed by atoms with Gasteiger partial charge in [0.2, 0.25) is 0 Å². The predicted molar refractivity (Wildman–Crippen MR) is 228 cm³/mol. The molecule has 0 saturated heterocycles. The Hall–Kier alpha value is -6.75. The highest BCUT2D eigenvalue weighted by Crippen LogP contribution is 2.63. The molecule has 0 amide bonds. The van der Waals surface area contributed by atoms with Crippen LogP contribution in [-0.4, -0.2) is 20.8 Å². The lowest BCUT2D eigenvalue weighted by Crippen LogP contribution is -2.32. The molecule has 3 nitrogen and oxygen atoms in total. The molecule has 7 aromatic carbocycles. The first kappa shape index (κ1) is 31.7. The van der Waals surface area contributed by atoms with Crippen molar-refractivity contribution in [1.29, 1.82) is 0 Å². The number of hydrogen-bond donors (Lipinski definition) is 0. The number of fused-ring (bicyclic) bond motifs is 10. The quantitative estimate of drug-likeness (QED) is 0.170. The maximum absolute atomic E-state index is 5.28. The average Bonchev–Trinajstić information content (AvgIpc) is 3.56. The Kier molecular flexibility index (Phi) is 7.16. The van der Waals surface area contributed by atoms with Gasteiger partial charge in [-0.3, -0.25) is 4.98 Å². The third kappa shape index (κ3) is 4.78. The highest BCUT2D eigenvalue weighted by molar-refractivity contribution is 8.14. The highest BCUT2D eigenvalue weighted by Gasteiger charge is 2.50. The molecule has 9 aromatic rings. The molecule has 3 heterocycles. The lowest BCUT2D eigenvalue weighted by atomic mass is 9.67. The Morgan fingerprint density at radius 2 is 1.00 bits per heavy atom. The second-order valence-corrected chi connectivity index (χ2v) is 15.9. The number of para-hydroxylation sites is 1. The molecule has 2 aliphatic rings. The van der Waals surface area contributed by atoms with Crippen LogP contribution in [0.5, 0.6) is 0 Å². The lowest BCUT2D eigenvalue weighted by Gasteiger charge is -2.41. The van der Waals surface area contributed by atoms with Gasteiger partial charge in [0.25, 0.3) is 0 Å². The molecule has 1 aliphatic carbocycles. The van der Waals surface area contributed by atoms with Gasteiger partial charge in [-0.2, -0.15) is 0 Å². The van der Waals surface area contributed by atoms with Crippen molar-refractivity contribution in [2.24, 2.45) is 0 Å². The van der Waals surface area contributed by atoms with Gasteiger partial charge in [-0.15, -0.1) is 10.5 Å². The van der Waals surface area contributed by atoms with E-state index in [2.05, 4.69) is 158 Å². The largest absolute Gasteiger partial charge is 0.256 e. The van der Waals surface area contributed by atoms with E-state index in [0.717, 1.165) is 50.1 Å². The number of pyridine rings is 1. The van der Waals surface area contributed by atoms with Crippen molar-refractivity contribution in [1.82, 2.24) is 15.0 Å². The minimum atomic E-state index is -0.485. The van der Waals surface area contributed by atoms with E-state index in [1.807, 2.05) is 30.5 Å². The molecule has 0 N–H and O–H groups in total. The fraction of sp³-hybridized carbons (Fsp3) is 0.0196. The molecule has 4 heteroatoms. The molecule has 1 spiro atoms. The molecule has 1 aliphatic heterocycles. The first-order valence-corrected chi connectivity index (χ1v) is 19.9. The third-order valence-electron chi connectivity index (χ3n) is 11.3. The minimum absolute atomic E-state index is 0.363. The van der Waals surface area contributed by atoms with E-state index in [4.69, 9.17) is 20.8 Å². The molecule has 11 rings (SSSR count). The van der Waals surface area contributed by atoms with Crippen molar-refractivity contribution >= 4 is 27.3 Å². The smallest absolute Gasteiger partial charge is 0.160 e. The summed E-state index contributed by atoms with van der Waals surface area (Å²) in [5, 5.41) is 1.13. The normalized spacial score (nSPS) is 14.6. The van der Waals surface area contributed by atoms with Crippen LogP contribution < -0.4 is 0 Å². The van der Waals surface area contributed by atoms with Gasteiger partial charge in [-0.05, 0) is 69.3 Å². The first-order valence-electron chi connectivity index (χ1n) is 18.6. The van der Waals surface area contributed by atoms with E-state index in [0.29, 0.717) is 5.82 Å². The van der Waals surface area contributed by atoms with E-state index in [1.165, 1.54) is 43.2 Å². The molecule has 0 radical (unpaired) electrons. The molecule has 0 fully saturated rings. The molecule has 55 heavy (non-hydrogen) atoms. The van der Waals surface area contributed by atoms with Gasteiger partial charge in [0.1, 0.15) is 0 Å². The van der Waals surface area contributed by atoms with Crippen molar-refractivity contribution < 1.29 is 0 Å². The zero-order valence-electron chi connectivity index (χ0n) is 29.9. The monoisotopic (exact) mass is 719 g/mol. The summed E-state index contributed by atoms with van der Waals surface area (Å²) in [7, 11) is -0.363. The third-order valence-corrected chi connectivity index (χ3v) is 13.1. The van der Waals surface area contributed by atoms with Crippen LogP contribution >= 0.6 is 10.5 Å². The SMILES string of the molecule is C=S1c2ccccc2C2(c3ccccc3-c3ccccc32)c2cc(-c3cc(-c4ccc(-c5cccc6cccnc56)cc4)nc(-c4ccccc4)n3)ccc21. The molecule has 1 unspecified atom stereocenters. The fourth-order valence-electron chi connectivity index (χ4n) is 8.88. The summed E-state index contributed by atoms with van der Waals surface area (Å²) in [6, 6.07) is 65.3. The number of hydrogen-bond acceptors (Lipinski definition) is 3. The second kappa shape index (κ2) is 12.4. The summed E-state index contributed by atoms with van der Waals surface area (Å²) in [4.78, 5) is 17.7. The molecule has 1 atom stereocenters. The van der Waals surface area contributed by atoms with Crippen LogP contribution in [0.3, 0.4) is 0 Å². The van der Waals surface area contributed by atoms with Gasteiger partial charge in [0, 0.05) is 43.6 Å². The lowest BCUT2D eigenvalue weighted by molar-refractivity contribution is 0.722. The van der Waals surface area contributed by atoms with E-state index in [1.54, 1.807) is 0 Å². The van der Waals surface area contributed by atoms with Gasteiger partial charge < -0.3 is 0 Å². The Morgan fingerprint density at radius 3 is 1.76 bits per heavy atom. The fourth-order valence-corrected chi connectivity index (χ4v) is 10.6. The van der Waals surface area contributed by atoms with Gasteiger partial charge in [0.15, 0.2) is 5.82 Å². The van der Waals surface area contributed by atoms with Crippen LogP contribution in [0.1, 0.15) is 22.3 Å². The average molecular weight is 720 g/mol. The molecular formula is C51H33N3S. The maximum atomic E-state index is 5.28. The van der Waals surface area contributed by atoms with Crippen LogP contribution in [0.15, 0.2) is 198 Å². The Labute approximate surface area is 322 Å². The summed E-state index contributed by atoms with van der Waals surface area (Å²) < 4.78 is 0. The minimum Gasteiger partial charge on any atom is -0.256 e. The standard InChI is InChI=1S/C51H33N3S/c1-55-47-23-10-9-22-43(47)51(41-20-7-5-17-39(41)40-18-6-8-21-42(40)51)44-31-37(28-29-48(44)55)46-32-45(53-50(54-46)36-13-3-2-4-14-36)34-26-24-33(25-27-34)38-19-11-15-35-16-12-30-52-49(35)38/h2-32H,1H2. The van der Waals surface area contributed by atoms with Crippen molar-refractivity contribution in [2.45, 2.75) is 15.2 Å². The van der Waals surface area contributed by atoms with Crippen molar-refractivity contribution in [3.05, 3.63) is 210 Å². The highest BCUT2D eigenvalue weighted by atomic mass is 32.2. The van der Waals surface area contributed by atoms with Crippen LogP contribution in [0, 0.1) is 0 Å². The molecule has 2 aromatic heterocycles. The van der Waals surface area contributed by atoms with Crippen LogP contribution in [0.2, 0.25) is 0 Å². The Balaban J connectivity index is 1.11. The number of benzene rings is 7. The van der Waals surface area contributed by atoms with Crippen LogP contribution in [0.25, 0.3) is 67.1 Å². The van der Waals surface area contributed by atoms with Crippen LogP contribution in [0.4, 0.5) is 0 Å². The summed E-state index contributed by atoms with van der Waals surface area (Å²) in [5.74, 6) is 5.50. The summed E-state index contributed by atoms with van der Waals surface area (Å²) in [6.45, 7) is 0. The van der Waals surface area contributed by atoms with E-state index in [9.17, 15) is 0 Å². The van der Waals surface area contributed by atoms with Gasteiger partial charge in [-0.25, -0.2) is 9.97 Å². The number of rotatable bonds is 4. The predicted octanol–water partition coefficient (Wildman–Crippen LogP) is 12.5. The Bertz CT molecular complexity index is 2950. The zero-order chi connectivity index (χ0) is 36.5. The van der Waals surface area contributed by atoms with E-state index >= 15 is 0 Å². The van der Waals surface area contributed by atoms with Gasteiger partial charge in [-0.1, -0.05) is 158 Å². The summed E-state index contributed by atoms with van der Waals surface area (Å²) in [5.41, 5.74) is 15.3. The molecular weight excluding hydrogens is 687 g/mol. The molecule has 0 saturated carbocycles. The van der Waals surface area contributed by atoms with Crippen LogP contribution in [-0.2, 0) is 5.41 Å². The second-order valence-electron chi connectivity index (χ2n) is 14.2. The summed E-state index contributed by atoms with van der Waals surface area (Å²) in [6.07, 6.45) is 1.86. The number of nitrogens with zero attached hydrogens (tertiary/aromatic N) is 3. The van der Waals surface area contributed by atoms with Crippen molar-refractivity contribution in [3.63, 3.8) is 0 Å². The topological polar surface area (TPSA) is 38.7 Å². The van der Waals surface area contributed by atoms with E-state index in [-0.39, 0.29) is 10.5 Å². The summed E-state index contributed by atoms with van der Waals surface area (Å²) >= 11 is 0. The van der Waals surface area contributed by atoms with E-state index < -0.39 is 5.41 Å². The van der Waals surface area contributed by atoms with Gasteiger partial charge >= 0.3 is 0 Å². The van der Waals surface area contributed by atoms with Crippen molar-refractivity contribution in [2.75, 3.05) is 0 Å². The first-order chi connectivity index (χ1) is 27.2. The number of aromatic nitrogens is 3. The molecule has 0 bridgehead atoms. The molecule has 258 valence electrons. The Morgan fingerprint density at radius 1 is 0.418 bits per heavy atom. The van der Waals surface area contributed by atoms with Gasteiger partial charge in [0.05, 0.1) is 22.3 Å². The maximum Gasteiger partial charge on any atom is 0.160 e. The zero-order valence-corrected chi connectivity index (χ0v) is 30.7. The van der Waals surface area contributed by atoms with Crippen molar-refractivity contribution in [3.8, 4) is 56.2 Å².